The summed E-state index contributed by atoms with van der Waals surface area (Å²) in [5.41, 5.74) is 1.34. The topological polar surface area (TPSA) is 36.7 Å². The quantitative estimate of drug-likeness (QED) is 0.423. The van der Waals surface area contributed by atoms with Crippen LogP contribution in [0.5, 0.6) is 0 Å². The van der Waals surface area contributed by atoms with Gasteiger partial charge in [-0.3, -0.25) is 4.98 Å². The Morgan fingerprint density at radius 1 is 1.75 bits per heavy atom. The van der Waals surface area contributed by atoms with E-state index in [1.807, 2.05) is 6.07 Å². The first-order valence-electron chi connectivity index (χ1n) is 3.66. The van der Waals surface area contributed by atoms with E-state index in [2.05, 4.69) is 11.9 Å². The van der Waals surface area contributed by atoms with Gasteiger partial charge in [-0.05, 0) is 5.75 Å². The molecule has 0 saturated carbocycles. The van der Waals surface area contributed by atoms with Crippen LogP contribution in [0, 0.1) is 5.41 Å². The van der Waals surface area contributed by atoms with E-state index in [9.17, 15) is 0 Å². The van der Waals surface area contributed by atoms with Crippen molar-refractivity contribution in [1.29, 1.82) is 5.41 Å². The third-order valence-electron chi connectivity index (χ3n) is 1.34. The van der Waals surface area contributed by atoms with Crippen molar-refractivity contribution in [2.45, 2.75) is 11.8 Å². The highest BCUT2D eigenvalue weighted by Crippen LogP contribution is 2.17. The lowest BCUT2D eigenvalue weighted by Gasteiger charge is -2.03. The Kier molecular flexibility index (Phi) is 3.35. The van der Waals surface area contributed by atoms with Gasteiger partial charge in [-0.1, -0.05) is 18.5 Å². The van der Waals surface area contributed by atoms with Gasteiger partial charge in [0, 0.05) is 17.3 Å². The van der Waals surface area contributed by atoms with Crippen molar-refractivity contribution in [3.8, 4) is 0 Å². The summed E-state index contributed by atoms with van der Waals surface area (Å²) in [7, 11) is 5.56. The molecule has 0 saturated heterocycles. The van der Waals surface area contributed by atoms with Gasteiger partial charge in [0.05, 0.1) is 5.69 Å². The summed E-state index contributed by atoms with van der Waals surface area (Å²) in [6.07, 6.45) is 2.82. The molecule has 2 nitrogen and oxygen atoms in total. The first-order chi connectivity index (χ1) is 5.77. The molecule has 0 aliphatic carbocycles. The zero-order valence-corrected chi connectivity index (χ0v) is 7.69. The van der Waals surface area contributed by atoms with E-state index in [1.165, 1.54) is 6.21 Å². The Balaban J connectivity index is 3.03. The molecule has 4 heteroatoms. The van der Waals surface area contributed by atoms with Crippen molar-refractivity contribution >= 4 is 31.3 Å². The van der Waals surface area contributed by atoms with Crippen molar-refractivity contribution in [3.05, 3.63) is 18.0 Å². The molecule has 1 aromatic heterocycles. The molecule has 0 bridgehead atoms. The number of nitrogens with zero attached hydrogens (tertiary/aromatic N) is 1. The molecule has 0 spiro atoms. The molecule has 0 amide bonds. The highest BCUT2D eigenvalue weighted by Gasteiger charge is 2.00. The predicted octanol–water partition coefficient (Wildman–Crippen LogP) is 0.985. The van der Waals surface area contributed by atoms with Crippen molar-refractivity contribution in [3.63, 3.8) is 0 Å². The minimum atomic E-state index is 0.650. The first kappa shape index (κ1) is 9.32. The van der Waals surface area contributed by atoms with Crippen LogP contribution in [0.3, 0.4) is 0 Å². The maximum atomic E-state index is 7.09. The minimum absolute atomic E-state index is 0.650. The summed E-state index contributed by atoms with van der Waals surface area (Å²) in [5.74, 6) is 0.964. The van der Waals surface area contributed by atoms with E-state index in [4.69, 9.17) is 13.3 Å². The molecule has 0 aromatic carbocycles. The fraction of sp³-hybridized carbons (Fsp3) is 0.250. The van der Waals surface area contributed by atoms with Crippen LogP contribution in [-0.2, 0) is 0 Å². The number of rotatable bonds is 3. The Labute approximate surface area is 77.7 Å². The second kappa shape index (κ2) is 4.31. The number of aromatic nitrogens is 1. The molecule has 0 unspecified atom stereocenters. The van der Waals surface area contributed by atoms with Crippen molar-refractivity contribution in [2.75, 3.05) is 5.75 Å². The summed E-state index contributed by atoms with van der Waals surface area (Å²) in [6.45, 7) is 2.06. The number of nitrogens with one attached hydrogen (secondary N) is 1. The van der Waals surface area contributed by atoms with E-state index in [1.54, 1.807) is 18.0 Å². The van der Waals surface area contributed by atoms with E-state index < -0.39 is 0 Å². The molecule has 0 aliphatic heterocycles. The van der Waals surface area contributed by atoms with Crippen molar-refractivity contribution < 1.29 is 0 Å². The largest absolute Gasteiger partial charge is 0.306 e. The standard InChI is InChI=1S/C8H9BN2S/c1-2-12-8-3-6(9)5-11-7(8)4-10/h3-5,10H,2H2,1H3. The van der Waals surface area contributed by atoms with Gasteiger partial charge in [0.15, 0.2) is 0 Å². The molecule has 0 aliphatic rings. The smallest absolute Gasteiger partial charge is 0.116 e. The fourth-order valence-corrected chi connectivity index (χ4v) is 1.64. The molecular formula is C8H9BN2S. The van der Waals surface area contributed by atoms with Crippen molar-refractivity contribution in [2.24, 2.45) is 0 Å². The van der Waals surface area contributed by atoms with Crippen LogP contribution in [0.4, 0.5) is 0 Å². The molecule has 1 rings (SSSR count). The lowest BCUT2D eigenvalue weighted by Crippen LogP contribution is -2.06. The molecule has 12 heavy (non-hydrogen) atoms. The third kappa shape index (κ3) is 2.11. The van der Waals surface area contributed by atoms with E-state index in [0.29, 0.717) is 11.2 Å². The molecule has 2 radical (unpaired) electrons. The Morgan fingerprint density at radius 2 is 2.50 bits per heavy atom. The van der Waals surface area contributed by atoms with E-state index in [0.717, 1.165) is 10.6 Å². The highest BCUT2D eigenvalue weighted by atomic mass is 32.2. The van der Waals surface area contributed by atoms with Gasteiger partial charge in [-0.15, -0.1) is 11.8 Å². The SMILES string of the molecule is [B]c1cnc(C=N)c(SCC)c1. The Hall–Kier alpha value is -0.765. The molecule has 1 heterocycles. The maximum Gasteiger partial charge on any atom is 0.116 e. The normalized spacial score (nSPS) is 9.75. The number of hydrogen-bond acceptors (Lipinski definition) is 3. The summed E-state index contributed by atoms with van der Waals surface area (Å²) >= 11 is 1.65. The Morgan fingerprint density at radius 3 is 3.08 bits per heavy atom. The summed E-state index contributed by atoms with van der Waals surface area (Å²) in [6, 6.07) is 1.85. The third-order valence-corrected chi connectivity index (χ3v) is 2.27. The molecule has 60 valence electrons. The summed E-state index contributed by atoms with van der Waals surface area (Å²) in [4.78, 5) is 5.01. The second-order valence-electron chi connectivity index (χ2n) is 2.23. The molecule has 0 atom stereocenters. The zero-order chi connectivity index (χ0) is 8.97. The Bertz CT molecular complexity index is 288. The van der Waals surface area contributed by atoms with Crippen LogP contribution in [0.2, 0.25) is 0 Å². The second-order valence-corrected chi connectivity index (χ2v) is 3.54. The predicted molar refractivity (Wildman–Crippen MR) is 53.9 cm³/mol. The van der Waals surface area contributed by atoms with Crippen LogP contribution in [0.15, 0.2) is 17.2 Å². The van der Waals surface area contributed by atoms with Gasteiger partial charge in [-0.25, -0.2) is 0 Å². The molecule has 0 fully saturated rings. The molecule has 1 aromatic rings. The van der Waals surface area contributed by atoms with Crippen molar-refractivity contribution in [1.82, 2.24) is 4.98 Å². The fourth-order valence-electron chi connectivity index (χ4n) is 0.850. The number of hydrogen-bond donors (Lipinski definition) is 1. The van der Waals surface area contributed by atoms with Gasteiger partial charge >= 0.3 is 0 Å². The van der Waals surface area contributed by atoms with Gasteiger partial charge < -0.3 is 5.41 Å². The van der Waals surface area contributed by atoms with Gasteiger partial charge in [0.1, 0.15) is 7.85 Å². The van der Waals surface area contributed by atoms with Gasteiger partial charge in [-0.2, -0.15) is 0 Å². The monoisotopic (exact) mass is 176 g/mol. The summed E-state index contributed by atoms with van der Waals surface area (Å²) < 4.78 is 0. The average molecular weight is 176 g/mol. The zero-order valence-electron chi connectivity index (χ0n) is 6.87. The lowest BCUT2D eigenvalue weighted by atomic mass is 9.99. The molecule has 1 N–H and O–H groups in total. The van der Waals surface area contributed by atoms with Crippen LogP contribution in [0.25, 0.3) is 0 Å². The van der Waals surface area contributed by atoms with Crippen LogP contribution in [-0.4, -0.2) is 24.8 Å². The van der Waals surface area contributed by atoms with Gasteiger partial charge in [0.25, 0.3) is 0 Å². The number of thioether (sulfide) groups is 1. The summed E-state index contributed by atoms with van der Waals surface area (Å²) in [5, 5.41) is 7.09. The van der Waals surface area contributed by atoms with E-state index in [-0.39, 0.29) is 0 Å². The first-order valence-corrected chi connectivity index (χ1v) is 4.65. The number of pyridine rings is 1. The van der Waals surface area contributed by atoms with Crippen LogP contribution < -0.4 is 5.46 Å². The molecular weight excluding hydrogens is 167 g/mol. The maximum absolute atomic E-state index is 7.09. The van der Waals surface area contributed by atoms with Crippen LogP contribution >= 0.6 is 11.8 Å². The average Bonchev–Trinajstić information content (AvgIpc) is 2.05. The van der Waals surface area contributed by atoms with E-state index >= 15 is 0 Å². The minimum Gasteiger partial charge on any atom is -0.306 e. The highest BCUT2D eigenvalue weighted by molar-refractivity contribution is 7.99. The lowest BCUT2D eigenvalue weighted by molar-refractivity contribution is 1.22. The van der Waals surface area contributed by atoms with Gasteiger partial charge in [0.2, 0.25) is 0 Å². The van der Waals surface area contributed by atoms with Crippen LogP contribution in [0.1, 0.15) is 12.6 Å².